The lowest BCUT2D eigenvalue weighted by molar-refractivity contribution is -0.113. The van der Waals surface area contributed by atoms with Crippen molar-refractivity contribution in [2.45, 2.75) is 53.5 Å². The molecule has 0 aromatic heterocycles. The lowest BCUT2D eigenvalue weighted by Crippen LogP contribution is -2.66. The van der Waals surface area contributed by atoms with E-state index in [1.807, 2.05) is 5.01 Å². The summed E-state index contributed by atoms with van der Waals surface area (Å²) in [6, 6.07) is 0. The summed E-state index contributed by atoms with van der Waals surface area (Å²) >= 11 is 0. The van der Waals surface area contributed by atoms with Gasteiger partial charge in [0.05, 0.1) is 0 Å². The third kappa shape index (κ3) is 1.31. The van der Waals surface area contributed by atoms with E-state index >= 15 is 0 Å². The smallest absolute Gasteiger partial charge is 0.0351 e. The Morgan fingerprint density at radius 3 is 1.85 bits per heavy atom. The first-order chi connectivity index (χ1) is 5.63. The first-order valence-electron chi connectivity index (χ1n) is 5.15. The Balaban J connectivity index is 3.07. The first kappa shape index (κ1) is 11.0. The number of nitrogens with zero attached hydrogens (tertiary/aromatic N) is 1. The van der Waals surface area contributed by atoms with Gasteiger partial charge in [0.2, 0.25) is 0 Å². The van der Waals surface area contributed by atoms with Gasteiger partial charge in [0.1, 0.15) is 0 Å². The van der Waals surface area contributed by atoms with Crippen LogP contribution in [0, 0.1) is 10.8 Å². The van der Waals surface area contributed by atoms with E-state index in [4.69, 9.17) is 5.84 Å². The minimum atomic E-state index is 0.0781. The van der Waals surface area contributed by atoms with E-state index in [1.54, 1.807) is 0 Å². The Morgan fingerprint density at radius 2 is 1.46 bits per heavy atom. The van der Waals surface area contributed by atoms with E-state index in [0.29, 0.717) is 5.41 Å². The van der Waals surface area contributed by atoms with Gasteiger partial charge in [-0.15, -0.1) is 0 Å². The van der Waals surface area contributed by atoms with Crippen LogP contribution in [0.5, 0.6) is 0 Å². The lowest BCUT2D eigenvalue weighted by Gasteiger charge is -2.59. The topological polar surface area (TPSA) is 29.3 Å². The third-order valence-corrected chi connectivity index (χ3v) is 4.92. The zero-order valence-corrected chi connectivity index (χ0v) is 9.94. The number of hydrogen-bond acceptors (Lipinski definition) is 2. The highest BCUT2D eigenvalue weighted by atomic mass is 15.4. The molecule has 2 N–H and O–H groups in total. The van der Waals surface area contributed by atoms with Crippen LogP contribution in [0.4, 0.5) is 0 Å². The molecule has 1 rings (SSSR count). The van der Waals surface area contributed by atoms with Crippen molar-refractivity contribution in [2.24, 2.45) is 16.7 Å². The molecule has 0 aliphatic carbocycles. The predicted octanol–water partition coefficient (Wildman–Crippen LogP) is 2.40. The molecule has 1 saturated heterocycles. The van der Waals surface area contributed by atoms with E-state index in [0.717, 1.165) is 6.54 Å². The lowest BCUT2D eigenvalue weighted by atomic mass is 9.55. The maximum absolute atomic E-state index is 6.04. The van der Waals surface area contributed by atoms with Crippen LogP contribution in [-0.2, 0) is 0 Å². The highest BCUT2D eigenvalue weighted by molar-refractivity contribution is 5.04. The van der Waals surface area contributed by atoms with Crippen molar-refractivity contribution in [1.29, 1.82) is 0 Å². The molecule has 0 unspecified atom stereocenters. The highest BCUT2D eigenvalue weighted by Crippen LogP contribution is 2.53. The SMILES string of the molecule is CC1(C)CCN(N)C(C)(C)C1(C)C. The van der Waals surface area contributed by atoms with E-state index in [2.05, 4.69) is 41.5 Å². The van der Waals surface area contributed by atoms with E-state index in [1.165, 1.54) is 6.42 Å². The van der Waals surface area contributed by atoms with Crippen LogP contribution in [0.25, 0.3) is 0 Å². The molecule has 0 amide bonds. The molecular weight excluding hydrogens is 160 g/mol. The zero-order valence-electron chi connectivity index (χ0n) is 9.94. The molecule has 1 fully saturated rings. The maximum atomic E-state index is 6.04. The molecule has 0 aromatic rings. The molecule has 0 atom stereocenters. The minimum absolute atomic E-state index is 0.0781. The van der Waals surface area contributed by atoms with Gasteiger partial charge in [-0.25, -0.2) is 5.01 Å². The molecule has 13 heavy (non-hydrogen) atoms. The summed E-state index contributed by atoms with van der Waals surface area (Å²) < 4.78 is 0. The molecule has 1 heterocycles. The molecular formula is C11H24N2. The standard InChI is InChI=1S/C11H24N2/c1-9(2)7-8-13(12)11(5,6)10(9,3)4/h7-8,12H2,1-6H3. The van der Waals surface area contributed by atoms with Crippen molar-refractivity contribution in [3.8, 4) is 0 Å². The summed E-state index contributed by atoms with van der Waals surface area (Å²) in [5.41, 5.74) is 0.689. The Hall–Kier alpha value is -0.0800. The summed E-state index contributed by atoms with van der Waals surface area (Å²) in [5.74, 6) is 6.04. The van der Waals surface area contributed by atoms with Crippen LogP contribution in [0.3, 0.4) is 0 Å². The van der Waals surface area contributed by atoms with Gasteiger partial charge in [-0.2, -0.15) is 0 Å². The summed E-state index contributed by atoms with van der Waals surface area (Å²) in [4.78, 5) is 0. The van der Waals surface area contributed by atoms with Gasteiger partial charge in [-0.3, -0.25) is 5.84 Å². The second-order valence-electron chi connectivity index (χ2n) is 6.01. The number of piperidine rings is 1. The van der Waals surface area contributed by atoms with Gasteiger partial charge in [-0.05, 0) is 31.1 Å². The number of hydrazine groups is 1. The summed E-state index contributed by atoms with van der Waals surface area (Å²) in [7, 11) is 0. The summed E-state index contributed by atoms with van der Waals surface area (Å²) in [6.45, 7) is 14.8. The maximum Gasteiger partial charge on any atom is 0.0351 e. The van der Waals surface area contributed by atoms with Crippen LogP contribution in [-0.4, -0.2) is 17.1 Å². The fourth-order valence-corrected chi connectivity index (χ4v) is 2.18. The summed E-state index contributed by atoms with van der Waals surface area (Å²) in [6.07, 6.45) is 1.18. The molecule has 0 radical (unpaired) electrons. The average molecular weight is 184 g/mol. The van der Waals surface area contributed by atoms with Crippen molar-refractivity contribution in [3.05, 3.63) is 0 Å². The Labute approximate surface area is 82.5 Å². The Bertz CT molecular complexity index is 204. The third-order valence-electron chi connectivity index (χ3n) is 4.92. The quantitative estimate of drug-likeness (QED) is 0.586. The molecule has 0 bridgehead atoms. The van der Waals surface area contributed by atoms with Crippen LogP contribution in [0.2, 0.25) is 0 Å². The van der Waals surface area contributed by atoms with Crippen LogP contribution in [0.15, 0.2) is 0 Å². The van der Waals surface area contributed by atoms with Crippen molar-refractivity contribution in [3.63, 3.8) is 0 Å². The molecule has 0 saturated carbocycles. The van der Waals surface area contributed by atoms with Gasteiger partial charge in [0.15, 0.2) is 0 Å². The molecule has 0 aromatic carbocycles. The van der Waals surface area contributed by atoms with Crippen LogP contribution >= 0.6 is 0 Å². The van der Waals surface area contributed by atoms with E-state index < -0.39 is 0 Å². The number of hydrogen-bond donors (Lipinski definition) is 1. The highest BCUT2D eigenvalue weighted by Gasteiger charge is 2.53. The number of rotatable bonds is 0. The Kier molecular flexibility index (Phi) is 2.29. The fraction of sp³-hybridized carbons (Fsp3) is 1.00. The van der Waals surface area contributed by atoms with Gasteiger partial charge in [0, 0.05) is 12.1 Å². The second kappa shape index (κ2) is 2.71. The van der Waals surface area contributed by atoms with Crippen molar-refractivity contribution in [1.82, 2.24) is 5.01 Å². The summed E-state index contributed by atoms with van der Waals surface area (Å²) in [5, 5.41) is 2.00. The molecule has 2 heteroatoms. The molecule has 1 aliphatic rings. The van der Waals surface area contributed by atoms with Gasteiger partial charge < -0.3 is 0 Å². The van der Waals surface area contributed by atoms with Crippen molar-refractivity contribution < 1.29 is 0 Å². The van der Waals surface area contributed by atoms with Crippen LogP contribution in [0.1, 0.15) is 48.0 Å². The van der Waals surface area contributed by atoms with Crippen molar-refractivity contribution in [2.75, 3.05) is 6.54 Å². The molecule has 78 valence electrons. The zero-order chi connectivity index (χ0) is 10.5. The fourth-order valence-electron chi connectivity index (χ4n) is 2.18. The first-order valence-corrected chi connectivity index (χ1v) is 5.15. The van der Waals surface area contributed by atoms with Crippen molar-refractivity contribution >= 4 is 0 Å². The van der Waals surface area contributed by atoms with E-state index in [9.17, 15) is 0 Å². The normalized spacial score (nSPS) is 31.6. The van der Waals surface area contributed by atoms with Gasteiger partial charge in [0.25, 0.3) is 0 Å². The van der Waals surface area contributed by atoms with E-state index in [-0.39, 0.29) is 11.0 Å². The molecule has 0 spiro atoms. The molecule has 1 aliphatic heterocycles. The predicted molar refractivity (Wildman–Crippen MR) is 57.2 cm³/mol. The second-order valence-corrected chi connectivity index (χ2v) is 6.01. The van der Waals surface area contributed by atoms with Gasteiger partial charge in [-0.1, -0.05) is 27.7 Å². The van der Waals surface area contributed by atoms with Gasteiger partial charge >= 0.3 is 0 Å². The van der Waals surface area contributed by atoms with Crippen LogP contribution < -0.4 is 5.84 Å². The Morgan fingerprint density at radius 1 is 1.00 bits per heavy atom. The molecule has 2 nitrogen and oxygen atoms in total. The monoisotopic (exact) mass is 184 g/mol. The minimum Gasteiger partial charge on any atom is -0.268 e. The number of nitrogens with two attached hydrogens (primary N) is 1. The largest absolute Gasteiger partial charge is 0.268 e. The average Bonchev–Trinajstić information content (AvgIpc) is 1.97.